The highest BCUT2D eigenvalue weighted by molar-refractivity contribution is 5.70. The fourth-order valence-electron chi connectivity index (χ4n) is 2.41. The summed E-state index contributed by atoms with van der Waals surface area (Å²) in [6, 6.07) is 0.307. The molecule has 1 N–H and O–H groups in total. The summed E-state index contributed by atoms with van der Waals surface area (Å²) in [6.45, 7) is 3.74. The quantitative estimate of drug-likeness (QED) is 0.855. The number of rotatable bonds is 3. The SMILES string of the molecule is CC1CC(C(=O)O)CCN1Cc1nccn1C. The first-order chi connectivity index (χ1) is 8.08. The van der Waals surface area contributed by atoms with Gasteiger partial charge in [0.05, 0.1) is 12.5 Å². The molecule has 2 rings (SSSR count). The number of carboxylic acid groups (broad SMARTS) is 1. The Hall–Kier alpha value is -1.36. The molecule has 2 atom stereocenters. The number of carboxylic acids is 1. The van der Waals surface area contributed by atoms with Crippen LogP contribution in [-0.2, 0) is 18.4 Å². The van der Waals surface area contributed by atoms with Gasteiger partial charge in [-0.2, -0.15) is 0 Å². The third-order valence-electron chi connectivity index (χ3n) is 3.63. The molecule has 0 amide bonds. The molecular weight excluding hydrogens is 218 g/mol. The Kier molecular flexibility index (Phi) is 3.47. The lowest BCUT2D eigenvalue weighted by Gasteiger charge is -2.35. The van der Waals surface area contributed by atoms with Crippen LogP contribution in [0.15, 0.2) is 12.4 Å². The van der Waals surface area contributed by atoms with Crippen molar-refractivity contribution < 1.29 is 9.90 Å². The maximum atomic E-state index is 10.9. The second-order valence-electron chi connectivity index (χ2n) is 4.83. The molecule has 5 nitrogen and oxygen atoms in total. The van der Waals surface area contributed by atoms with Crippen molar-refractivity contribution in [1.82, 2.24) is 14.5 Å². The molecule has 0 aliphatic carbocycles. The minimum absolute atomic E-state index is 0.178. The number of hydrogen-bond donors (Lipinski definition) is 1. The number of hydrogen-bond acceptors (Lipinski definition) is 3. The standard InChI is InChI=1S/C12H19N3O2/c1-9-7-10(12(16)17)3-5-15(9)8-11-13-4-6-14(11)2/h4,6,9-10H,3,5,7-8H2,1-2H3,(H,16,17). The Balaban J connectivity index is 1.96. The molecule has 1 aromatic heterocycles. The van der Waals surface area contributed by atoms with Crippen LogP contribution in [0.4, 0.5) is 0 Å². The molecule has 2 unspecified atom stereocenters. The van der Waals surface area contributed by atoms with Crippen LogP contribution in [0.1, 0.15) is 25.6 Å². The molecule has 17 heavy (non-hydrogen) atoms. The van der Waals surface area contributed by atoms with Crippen LogP contribution in [-0.4, -0.2) is 38.1 Å². The highest BCUT2D eigenvalue weighted by Crippen LogP contribution is 2.24. The molecule has 1 aliphatic heterocycles. The van der Waals surface area contributed by atoms with Gasteiger partial charge in [0.2, 0.25) is 0 Å². The van der Waals surface area contributed by atoms with E-state index in [4.69, 9.17) is 5.11 Å². The van der Waals surface area contributed by atoms with E-state index >= 15 is 0 Å². The van der Waals surface area contributed by atoms with Gasteiger partial charge in [-0.05, 0) is 26.3 Å². The number of piperidine rings is 1. The lowest BCUT2D eigenvalue weighted by molar-refractivity contribution is -0.144. The average Bonchev–Trinajstić information content (AvgIpc) is 2.67. The molecule has 1 fully saturated rings. The van der Waals surface area contributed by atoms with E-state index in [0.717, 1.165) is 31.8 Å². The van der Waals surface area contributed by atoms with Crippen LogP contribution in [0.5, 0.6) is 0 Å². The fourth-order valence-corrected chi connectivity index (χ4v) is 2.41. The molecule has 0 radical (unpaired) electrons. The van der Waals surface area contributed by atoms with Crippen molar-refractivity contribution >= 4 is 5.97 Å². The van der Waals surface area contributed by atoms with Gasteiger partial charge < -0.3 is 9.67 Å². The van der Waals surface area contributed by atoms with Crippen LogP contribution in [0.2, 0.25) is 0 Å². The van der Waals surface area contributed by atoms with E-state index in [-0.39, 0.29) is 5.92 Å². The van der Waals surface area contributed by atoms with Crippen LogP contribution < -0.4 is 0 Å². The highest BCUT2D eigenvalue weighted by Gasteiger charge is 2.29. The zero-order valence-corrected chi connectivity index (χ0v) is 10.3. The van der Waals surface area contributed by atoms with Gasteiger partial charge in [0, 0.05) is 25.5 Å². The Morgan fingerprint density at radius 1 is 1.65 bits per heavy atom. The van der Waals surface area contributed by atoms with Gasteiger partial charge in [-0.25, -0.2) is 4.98 Å². The van der Waals surface area contributed by atoms with Crippen molar-refractivity contribution in [3.8, 4) is 0 Å². The smallest absolute Gasteiger partial charge is 0.306 e. The third-order valence-corrected chi connectivity index (χ3v) is 3.63. The van der Waals surface area contributed by atoms with E-state index in [9.17, 15) is 4.79 Å². The number of nitrogens with zero attached hydrogens (tertiary/aromatic N) is 3. The van der Waals surface area contributed by atoms with Crippen molar-refractivity contribution in [3.05, 3.63) is 18.2 Å². The van der Waals surface area contributed by atoms with Crippen molar-refractivity contribution in [3.63, 3.8) is 0 Å². The monoisotopic (exact) mass is 237 g/mol. The maximum absolute atomic E-state index is 10.9. The number of aromatic nitrogens is 2. The second kappa shape index (κ2) is 4.87. The van der Waals surface area contributed by atoms with Gasteiger partial charge in [0.25, 0.3) is 0 Å². The summed E-state index contributed by atoms with van der Waals surface area (Å²) < 4.78 is 2.01. The largest absolute Gasteiger partial charge is 0.481 e. The molecule has 1 saturated heterocycles. The Bertz CT molecular complexity index is 402. The summed E-state index contributed by atoms with van der Waals surface area (Å²) in [5.41, 5.74) is 0. The molecular formula is C12H19N3O2. The Morgan fingerprint density at radius 3 is 2.94 bits per heavy atom. The summed E-state index contributed by atoms with van der Waals surface area (Å²) in [7, 11) is 1.98. The van der Waals surface area contributed by atoms with Crippen molar-refractivity contribution in [2.75, 3.05) is 6.54 Å². The Labute approximate surface area is 101 Å². The number of aliphatic carboxylic acids is 1. The molecule has 2 heterocycles. The third kappa shape index (κ3) is 2.66. The molecule has 0 bridgehead atoms. The number of aryl methyl sites for hydroxylation is 1. The summed E-state index contributed by atoms with van der Waals surface area (Å²) in [5.74, 6) is 0.196. The number of carbonyl (C=O) groups is 1. The molecule has 5 heteroatoms. The summed E-state index contributed by atoms with van der Waals surface area (Å²) in [5, 5.41) is 9.01. The van der Waals surface area contributed by atoms with E-state index in [1.165, 1.54) is 0 Å². The van der Waals surface area contributed by atoms with E-state index in [1.54, 1.807) is 6.20 Å². The van der Waals surface area contributed by atoms with Gasteiger partial charge in [0.15, 0.2) is 0 Å². The molecule has 1 aliphatic rings. The minimum atomic E-state index is -0.659. The molecule has 0 aromatic carbocycles. The first-order valence-corrected chi connectivity index (χ1v) is 6.01. The first kappa shape index (κ1) is 12.1. The maximum Gasteiger partial charge on any atom is 0.306 e. The Morgan fingerprint density at radius 2 is 2.41 bits per heavy atom. The summed E-state index contributed by atoms with van der Waals surface area (Å²) in [6.07, 6.45) is 5.21. The van der Waals surface area contributed by atoms with Crippen molar-refractivity contribution in [2.45, 2.75) is 32.4 Å². The van der Waals surface area contributed by atoms with Gasteiger partial charge in [-0.1, -0.05) is 0 Å². The van der Waals surface area contributed by atoms with Crippen LogP contribution >= 0.6 is 0 Å². The zero-order chi connectivity index (χ0) is 12.4. The van der Waals surface area contributed by atoms with Crippen molar-refractivity contribution in [2.24, 2.45) is 13.0 Å². The fraction of sp³-hybridized carbons (Fsp3) is 0.667. The number of likely N-dealkylation sites (tertiary alicyclic amines) is 1. The lowest BCUT2D eigenvalue weighted by atomic mass is 9.92. The van der Waals surface area contributed by atoms with E-state index in [0.29, 0.717) is 6.04 Å². The predicted octanol–water partition coefficient (Wildman–Crippen LogP) is 1.11. The van der Waals surface area contributed by atoms with Crippen LogP contribution in [0, 0.1) is 5.92 Å². The van der Waals surface area contributed by atoms with Gasteiger partial charge >= 0.3 is 5.97 Å². The van der Waals surface area contributed by atoms with E-state index < -0.39 is 5.97 Å². The summed E-state index contributed by atoms with van der Waals surface area (Å²) in [4.78, 5) is 17.6. The van der Waals surface area contributed by atoms with Crippen LogP contribution in [0.25, 0.3) is 0 Å². The van der Waals surface area contributed by atoms with Gasteiger partial charge in [0.1, 0.15) is 5.82 Å². The van der Waals surface area contributed by atoms with Crippen LogP contribution in [0.3, 0.4) is 0 Å². The summed E-state index contributed by atoms with van der Waals surface area (Å²) >= 11 is 0. The molecule has 94 valence electrons. The topological polar surface area (TPSA) is 58.4 Å². The van der Waals surface area contributed by atoms with E-state index in [1.807, 2.05) is 17.8 Å². The minimum Gasteiger partial charge on any atom is -0.481 e. The normalized spacial score (nSPS) is 26.0. The van der Waals surface area contributed by atoms with E-state index in [2.05, 4.69) is 16.8 Å². The number of imidazole rings is 1. The average molecular weight is 237 g/mol. The first-order valence-electron chi connectivity index (χ1n) is 6.01. The molecule has 1 aromatic rings. The van der Waals surface area contributed by atoms with Crippen molar-refractivity contribution in [1.29, 1.82) is 0 Å². The van der Waals surface area contributed by atoms with Gasteiger partial charge in [-0.3, -0.25) is 9.69 Å². The molecule has 0 saturated carbocycles. The van der Waals surface area contributed by atoms with Gasteiger partial charge in [-0.15, -0.1) is 0 Å². The lowest BCUT2D eigenvalue weighted by Crippen LogP contribution is -2.42. The molecule has 0 spiro atoms. The predicted molar refractivity (Wildman–Crippen MR) is 63.4 cm³/mol. The second-order valence-corrected chi connectivity index (χ2v) is 4.83. The zero-order valence-electron chi connectivity index (χ0n) is 10.3. The highest BCUT2D eigenvalue weighted by atomic mass is 16.4.